The van der Waals surface area contributed by atoms with Crippen LogP contribution < -0.4 is 10.5 Å². The number of nitrogens with two attached hydrogens (primary N) is 1. The molecule has 1 aliphatic heterocycles. The van der Waals surface area contributed by atoms with Crippen LogP contribution in [-0.4, -0.2) is 11.6 Å². The van der Waals surface area contributed by atoms with Crippen molar-refractivity contribution < 1.29 is 14.3 Å². The summed E-state index contributed by atoms with van der Waals surface area (Å²) in [5.41, 5.74) is 7.17. The average Bonchev–Trinajstić information content (AvgIpc) is 2.91. The SMILES string of the molecule is CC1(C)CC(OC(=O)c2sc3ccccc3c2N)c2ccccc2O1. The number of rotatable bonds is 2. The van der Waals surface area contributed by atoms with Gasteiger partial charge in [-0.25, -0.2) is 4.79 Å². The number of hydrogen-bond acceptors (Lipinski definition) is 5. The van der Waals surface area contributed by atoms with Gasteiger partial charge in [0.05, 0.1) is 5.69 Å². The second-order valence-corrected chi connectivity index (χ2v) is 7.89. The van der Waals surface area contributed by atoms with Gasteiger partial charge in [0, 0.05) is 22.1 Å². The summed E-state index contributed by atoms with van der Waals surface area (Å²) in [5, 5.41) is 0.896. The van der Waals surface area contributed by atoms with E-state index in [1.54, 1.807) is 0 Å². The lowest BCUT2D eigenvalue weighted by Gasteiger charge is -2.37. The molecule has 0 radical (unpaired) electrons. The van der Waals surface area contributed by atoms with Gasteiger partial charge in [0.1, 0.15) is 22.3 Å². The Balaban J connectivity index is 1.67. The maximum absolute atomic E-state index is 12.8. The highest BCUT2D eigenvalue weighted by molar-refractivity contribution is 7.21. The molecule has 2 heterocycles. The van der Waals surface area contributed by atoms with E-state index >= 15 is 0 Å². The Morgan fingerprint density at radius 3 is 2.72 bits per heavy atom. The van der Waals surface area contributed by atoms with Crippen molar-refractivity contribution in [2.24, 2.45) is 0 Å². The molecule has 4 nitrogen and oxygen atoms in total. The lowest BCUT2D eigenvalue weighted by molar-refractivity contribution is -0.0157. The quantitative estimate of drug-likeness (QED) is 0.663. The van der Waals surface area contributed by atoms with Crippen molar-refractivity contribution in [3.63, 3.8) is 0 Å². The second kappa shape index (κ2) is 5.77. The molecule has 0 fully saturated rings. The predicted molar refractivity (Wildman–Crippen MR) is 100 cm³/mol. The predicted octanol–water partition coefficient (Wildman–Crippen LogP) is 4.94. The molecule has 2 aromatic carbocycles. The van der Waals surface area contributed by atoms with Crippen LogP contribution in [0, 0.1) is 0 Å². The van der Waals surface area contributed by atoms with Gasteiger partial charge in [0.2, 0.25) is 0 Å². The maximum Gasteiger partial charge on any atom is 0.351 e. The second-order valence-electron chi connectivity index (χ2n) is 6.84. The van der Waals surface area contributed by atoms with Gasteiger partial charge in [-0.05, 0) is 26.0 Å². The van der Waals surface area contributed by atoms with Crippen molar-refractivity contribution in [2.75, 3.05) is 5.73 Å². The monoisotopic (exact) mass is 353 g/mol. The van der Waals surface area contributed by atoms with Gasteiger partial charge in [-0.1, -0.05) is 36.4 Å². The Morgan fingerprint density at radius 2 is 1.92 bits per heavy atom. The highest BCUT2D eigenvalue weighted by Crippen LogP contribution is 2.42. The molecule has 1 aliphatic rings. The van der Waals surface area contributed by atoms with E-state index in [1.807, 2.05) is 62.4 Å². The Labute approximate surface area is 150 Å². The molecule has 0 spiro atoms. The molecule has 4 rings (SSSR count). The summed E-state index contributed by atoms with van der Waals surface area (Å²) in [7, 11) is 0. The summed E-state index contributed by atoms with van der Waals surface area (Å²) >= 11 is 1.37. The third kappa shape index (κ3) is 2.85. The van der Waals surface area contributed by atoms with Crippen LogP contribution in [0.4, 0.5) is 5.69 Å². The van der Waals surface area contributed by atoms with Gasteiger partial charge in [-0.3, -0.25) is 0 Å². The highest BCUT2D eigenvalue weighted by Gasteiger charge is 2.36. The largest absolute Gasteiger partial charge is 0.487 e. The fraction of sp³-hybridized carbons (Fsp3) is 0.250. The summed E-state index contributed by atoms with van der Waals surface area (Å²) in [6.45, 7) is 4.00. The van der Waals surface area contributed by atoms with Crippen LogP contribution in [0.2, 0.25) is 0 Å². The number of carbonyl (C=O) groups excluding carboxylic acids is 1. The summed E-state index contributed by atoms with van der Waals surface area (Å²) in [6.07, 6.45) is 0.248. The van der Waals surface area contributed by atoms with Crippen molar-refractivity contribution in [1.29, 1.82) is 0 Å². The molecule has 0 amide bonds. The zero-order chi connectivity index (χ0) is 17.6. The summed E-state index contributed by atoms with van der Waals surface area (Å²) in [5.74, 6) is 0.386. The molecule has 0 aliphatic carbocycles. The van der Waals surface area contributed by atoms with Crippen molar-refractivity contribution in [1.82, 2.24) is 0 Å². The lowest BCUT2D eigenvalue weighted by Crippen LogP contribution is -2.36. The van der Waals surface area contributed by atoms with Crippen LogP contribution in [0.15, 0.2) is 48.5 Å². The number of para-hydroxylation sites is 1. The molecule has 128 valence electrons. The minimum absolute atomic E-state index is 0.350. The number of nitrogen functional groups attached to an aromatic ring is 1. The van der Waals surface area contributed by atoms with E-state index in [4.69, 9.17) is 15.2 Å². The van der Waals surface area contributed by atoms with E-state index < -0.39 is 5.60 Å². The van der Waals surface area contributed by atoms with E-state index in [9.17, 15) is 4.79 Å². The highest BCUT2D eigenvalue weighted by atomic mass is 32.1. The van der Waals surface area contributed by atoms with E-state index in [1.165, 1.54) is 11.3 Å². The Kier molecular flexibility index (Phi) is 3.69. The lowest BCUT2D eigenvalue weighted by atomic mass is 9.91. The first-order valence-corrected chi connectivity index (χ1v) is 9.02. The van der Waals surface area contributed by atoms with Crippen LogP contribution in [-0.2, 0) is 4.74 Å². The topological polar surface area (TPSA) is 61.5 Å². The average molecular weight is 353 g/mol. The van der Waals surface area contributed by atoms with Crippen molar-refractivity contribution >= 4 is 33.1 Å². The molecule has 1 aromatic heterocycles. The molecule has 0 bridgehead atoms. The van der Waals surface area contributed by atoms with Gasteiger partial charge < -0.3 is 15.2 Å². The third-order valence-corrected chi connectivity index (χ3v) is 5.56. The zero-order valence-corrected chi connectivity index (χ0v) is 14.9. The summed E-state index contributed by atoms with van der Waals surface area (Å²) in [4.78, 5) is 13.3. The Morgan fingerprint density at radius 1 is 1.20 bits per heavy atom. The molecule has 1 atom stereocenters. The number of thiophene rings is 1. The van der Waals surface area contributed by atoms with Gasteiger partial charge in [-0.2, -0.15) is 0 Å². The molecule has 0 saturated heterocycles. The molecule has 1 unspecified atom stereocenters. The molecule has 5 heteroatoms. The van der Waals surface area contributed by atoms with Gasteiger partial charge in [0.15, 0.2) is 0 Å². The minimum Gasteiger partial charge on any atom is -0.487 e. The van der Waals surface area contributed by atoms with E-state index in [-0.39, 0.29) is 12.1 Å². The van der Waals surface area contributed by atoms with Crippen molar-refractivity contribution in [3.8, 4) is 5.75 Å². The molecule has 3 aromatic rings. The Hall–Kier alpha value is -2.53. The molecule has 25 heavy (non-hydrogen) atoms. The van der Waals surface area contributed by atoms with Crippen LogP contribution in [0.25, 0.3) is 10.1 Å². The number of carbonyl (C=O) groups is 1. The van der Waals surface area contributed by atoms with Crippen LogP contribution in [0.5, 0.6) is 5.75 Å². The van der Waals surface area contributed by atoms with Crippen LogP contribution >= 0.6 is 11.3 Å². The van der Waals surface area contributed by atoms with Crippen LogP contribution in [0.1, 0.15) is 41.6 Å². The van der Waals surface area contributed by atoms with E-state index in [2.05, 4.69) is 0 Å². The fourth-order valence-corrected chi connectivity index (χ4v) is 4.25. The van der Waals surface area contributed by atoms with Gasteiger partial charge in [-0.15, -0.1) is 11.3 Å². The number of fused-ring (bicyclic) bond motifs is 2. The normalized spacial score (nSPS) is 18.4. The third-order valence-electron chi connectivity index (χ3n) is 4.40. The van der Waals surface area contributed by atoms with E-state index in [0.717, 1.165) is 21.4 Å². The van der Waals surface area contributed by atoms with Gasteiger partial charge >= 0.3 is 5.97 Å². The minimum atomic E-state index is -0.398. The number of anilines is 1. The van der Waals surface area contributed by atoms with Crippen molar-refractivity contribution in [3.05, 3.63) is 59.0 Å². The molecule has 2 N–H and O–H groups in total. The smallest absolute Gasteiger partial charge is 0.351 e. The van der Waals surface area contributed by atoms with Crippen LogP contribution in [0.3, 0.4) is 0 Å². The first-order chi connectivity index (χ1) is 11.9. The van der Waals surface area contributed by atoms with Crippen molar-refractivity contribution in [2.45, 2.75) is 32.0 Å². The molecule has 0 saturated carbocycles. The maximum atomic E-state index is 12.8. The number of ether oxygens (including phenoxy) is 2. The number of esters is 1. The van der Waals surface area contributed by atoms with E-state index in [0.29, 0.717) is 17.0 Å². The summed E-state index contributed by atoms with van der Waals surface area (Å²) in [6, 6.07) is 15.4. The standard InChI is InChI=1S/C20H19NO3S/c1-20(2)11-15(12-7-3-5-9-14(12)24-20)23-19(22)18-17(21)13-8-4-6-10-16(13)25-18/h3-10,15H,11,21H2,1-2H3. The fourth-order valence-electron chi connectivity index (χ4n) is 3.24. The first-order valence-electron chi connectivity index (χ1n) is 8.20. The van der Waals surface area contributed by atoms with Gasteiger partial charge in [0.25, 0.3) is 0 Å². The molecular weight excluding hydrogens is 334 g/mol. The first kappa shape index (κ1) is 16.0. The Bertz CT molecular complexity index is 960. The summed E-state index contributed by atoms with van der Waals surface area (Å²) < 4.78 is 12.8. The number of hydrogen-bond donors (Lipinski definition) is 1. The molecular formula is C20H19NO3S. The number of benzene rings is 2. The zero-order valence-electron chi connectivity index (χ0n) is 14.1.